The van der Waals surface area contributed by atoms with Gasteiger partial charge in [0.2, 0.25) is 0 Å². The third-order valence-electron chi connectivity index (χ3n) is 6.16. The van der Waals surface area contributed by atoms with E-state index < -0.39 is 6.10 Å². The number of aliphatic hydroxyl groups excluding tert-OH is 1. The molecule has 0 radical (unpaired) electrons. The number of β-amino-alcohol motifs (C(OH)–C–C–N with tert-alkyl or cyclic N) is 1. The molecule has 2 aromatic carbocycles. The van der Waals surface area contributed by atoms with E-state index in [0.29, 0.717) is 25.1 Å². The lowest BCUT2D eigenvalue weighted by Crippen LogP contribution is -2.49. The van der Waals surface area contributed by atoms with Crippen molar-refractivity contribution in [3.63, 3.8) is 0 Å². The summed E-state index contributed by atoms with van der Waals surface area (Å²) in [5.74, 6) is 0.567. The number of ether oxygens (including phenoxy) is 2. The predicted octanol–water partition coefficient (Wildman–Crippen LogP) is 3.90. The number of esters is 1. The Labute approximate surface area is 198 Å². The molecule has 0 aromatic heterocycles. The van der Waals surface area contributed by atoms with E-state index in [9.17, 15) is 9.90 Å². The highest BCUT2D eigenvalue weighted by molar-refractivity contribution is 5.95. The van der Waals surface area contributed by atoms with E-state index in [1.165, 1.54) is 5.56 Å². The SMILES string of the molecule is CCOC(=O)c1ccccc1N1CCN(CC(O)Cc2ccc(OC)cc2C(C)(C)C)CC1. The van der Waals surface area contributed by atoms with Gasteiger partial charge in [0.05, 0.1) is 31.1 Å². The molecule has 33 heavy (non-hydrogen) atoms. The molecule has 1 aliphatic heterocycles. The quantitative estimate of drug-likeness (QED) is 0.611. The molecule has 1 aliphatic rings. The van der Waals surface area contributed by atoms with Gasteiger partial charge in [0.25, 0.3) is 0 Å². The van der Waals surface area contributed by atoms with Crippen molar-refractivity contribution in [1.82, 2.24) is 4.90 Å². The second kappa shape index (κ2) is 11.0. The minimum atomic E-state index is -0.446. The molecule has 1 N–H and O–H groups in total. The Morgan fingerprint density at radius 1 is 1.09 bits per heavy atom. The molecule has 0 spiro atoms. The van der Waals surface area contributed by atoms with Crippen molar-refractivity contribution in [1.29, 1.82) is 0 Å². The number of hydrogen-bond donors (Lipinski definition) is 1. The maximum Gasteiger partial charge on any atom is 0.340 e. The molecule has 1 heterocycles. The lowest BCUT2D eigenvalue weighted by molar-refractivity contribution is 0.0527. The number of para-hydroxylation sites is 1. The summed E-state index contributed by atoms with van der Waals surface area (Å²) in [4.78, 5) is 16.9. The highest BCUT2D eigenvalue weighted by atomic mass is 16.5. The van der Waals surface area contributed by atoms with Crippen LogP contribution in [0.5, 0.6) is 5.75 Å². The molecule has 6 nitrogen and oxygen atoms in total. The summed E-state index contributed by atoms with van der Waals surface area (Å²) < 4.78 is 10.6. The van der Waals surface area contributed by atoms with Crippen LogP contribution in [0.2, 0.25) is 0 Å². The van der Waals surface area contributed by atoms with Crippen LogP contribution < -0.4 is 9.64 Å². The van der Waals surface area contributed by atoms with Crippen LogP contribution in [-0.4, -0.2) is 68.5 Å². The summed E-state index contributed by atoms with van der Waals surface area (Å²) in [6, 6.07) is 13.8. The normalized spacial score (nSPS) is 15.9. The second-order valence-corrected chi connectivity index (χ2v) is 9.66. The van der Waals surface area contributed by atoms with Crippen LogP contribution >= 0.6 is 0 Å². The van der Waals surface area contributed by atoms with Gasteiger partial charge in [-0.2, -0.15) is 0 Å². The first-order valence-corrected chi connectivity index (χ1v) is 11.8. The molecule has 1 unspecified atom stereocenters. The van der Waals surface area contributed by atoms with Gasteiger partial charge in [0, 0.05) is 32.7 Å². The van der Waals surface area contributed by atoms with Gasteiger partial charge >= 0.3 is 5.97 Å². The number of methoxy groups -OCH3 is 1. The van der Waals surface area contributed by atoms with Crippen LogP contribution in [0, 0.1) is 0 Å². The van der Waals surface area contributed by atoms with E-state index in [4.69, 9.17) is 9.47 Å². The lowest BCUT2D eigenvalue weighted by Gasteiger charge is -2.37. The maximum atomic E-state index is 12.3. The van der Waals surface area contributed by atoms with Crippen molar-refractivity contribution in [2.45, 2.75) is 45.6 Å². The lowest BCUT2D eigenvalue weighted by atomic mass is 9.82. The summed E-state index contributed by atoms with van der Waals surface area (Å²) in [7, 11) is 1.68. The van der Waals surface area contributed by atoms with Crippen molar-refractivity contribution in [3.05, 3.63) is 59.2 Å². The Balaban J connectivity index is 1.60. The van der Waals surface area contributed by atoms with Gasteiger partial charge in [0.1, 0.15) is 5.75 Å². The fourth-order valence-electron chi connectivity index (χ4n) is 4.48. The average molecular weight is 455 g/mol. The number of nitrogens with zero attached hydrogens (tertiary/aromatic N) is 2. The Kier molecular flexibility index (Phi) is 8.38. The highest BCUT2D eigenvalue weighted by Crippen LogP contribution is 2.30. The van der Waals surface area contributed by atoms with Crippen molar-refractivity contribution in [3.8, 4) is 5.75 Å². The number of benzene rings is 2. The number of rotatable bonds is 8. The van der Waals surface area contributed by atoms with Gasteiger partial charge < -0.3 is 19.5 Å². The van der Waals surface area contributed by atoms with E-state index in [1.807, 2.05) is 37.3 Å². The summed E-state index contributed by atoms with van der Waals surface area (Å²) in [6.07, 6.45) is 0.167. The van der Waals surface area contributed by atoms with Crippen LogP contribution in [0.25, 0.3) is 0 Å². The summed E-state index contributed by atoms with van der Waals surface area (Å²) >= 11 is 0. The predicted molar refractivity (Wildman–Crippen MR) is 132 cm³/mol. The van der Waals surface area contributed by atoms with Gasteiger partial charge in [-0.1, -0.05) is 39.0 Å². The van der Waals surface area contributed by atoms with Crippen LogP contribution in [0.15, 0.2) is 42.5 Å². The third-order valence-corrected chi connectivity index (χ3v) is 6.16. The second-order valence-electron chi connectivity index (χ2n) is 9.66. The molecule has 180 valence electrons. The first-order chi connectivity index (χ1) is 15.7. The molecule has 1 atom stereocenters. The van der Waals surface area contributed by atoms with E-state index in [2.05, 4.69) is 42.7 Å². The van der Waals surface area contributed by atoms with Gasteiger partial charge in [-0.05, 0) is 54.2 Å². The number of carbonyl (C=O) groups is 1. The van der Waals surface area contributed by atoms with Crippen LogP contribution in [0.3, 0.4) is 0 Å². The van der Waals surface area contributed by atoms with Gasteiger partial charge in [-0.15, -0.1) is 0 Å². The van der Waals surface area contributed by atoms with Crippen LogP contribution in [-0.2, 0) is 16.6 Å². The zero-order valence-electron chi connectivity index (χ0n) is 20.6. The molecule has 2 aromatic rings. The van der Waals surface area contributed by atoms with Gasteiger partial charge in [0.15, 0.2) is 0 Å². The maximum absolute atomic E-state index is 12.3. The Morgan fingerprint density at radius 3 is 2.42 bits per heavy atom. The number of carbonyl (C=O) groups excluding carboxylic acids is 1. The molecule has 1 saturated heterocycles. The minimum absolute atomic E-state index is 0.0263. The van der Waals surface area contributed by atoms with Gasteiger partial charge in [-0.3, -0.25) is 4.90 Å². The Hall–Kier alpha value is -2.57. The first-order valence-electron chi connectivity index (χ1n) is 11.8. The Morgan fingerprint density at radius 2 is 1.79 bits per heavy atom. The van der Waals surface area contributed by atoms with E-state index in [1.54, 1.807) is 7.11 Å². The molecule has 0 aliphatic carbocycles. The van der Waals surface area contributed by atoms with Crippen LogP contribution in [0.4, 0.5) is 5.69 Å². The van der Waals surface area contributed by atoms with Crippen molar-refractivity contribution < 1.29 is 19.4 Å². The molecule has 1 fully saturated rings. The molecule has 0 amide bonds. The summed E-state index contributed by atoms with van der Waals surface area (Å²) in [5.41, 5.74) is 3.88. The largest absolute Gasteiger partial charge is 0.497 e. The van der Waals surface area contributed by atoms with E-state index >= 15 is 0 Å². The minimum Gasteiger partial charge on any atom is -0.497 e. The van der Waals surface area contributed by atoms with Crippen LogP contribution in [0.1, 0.15) is 49.2 Å². The molecule has 3 rings (SSSR count). The Bertz CT molecular complexity index is 930. The third kappa shape index (κ3) is 6.49. The first kappa shape index (κ1) is 25.1. The smallest absolute Gasteiger partial charge is 0.340 e. The number of anilines is 1. The number of piperazine rings is 1. The molecular formula is C27H38N2O4. The molecule has 0 bridgehead atoms. The molecular weight excluding hydrogens is 416 g/mol. The van der Waals surface area contributed by atoms with Gasteiger partial charge in [-0.25, -0.2) is 4.79 Å². The molecule has 0 saturated carbocycles. The summed E-state index contributed by atoms with van der Waals surface area (Å²) in [6.45, 7) is 12.7. The standard InChI is InChI=1S/C27H38N2O4/c1-6-33-26(31)23-9-7-8-10-25(23)29-15-13-28(14-16-29)19-21(30)17-20-11-12-22(32-5)18-24(20)27(2,3)4/h7-12,18,21,30H,6,13-17,19H2,1-5H3. The number of hydrogen-bond acceptors (Lipinski definition) is 6. The molecule has 6 heteroatoms. The number of aliphatic hydroxyl groups is 1. The summed E-state index contributed by atoms with van der Waals surface area (Å²) in [5, 5.41) is 10.9. The zero-order valence-corrected chi connectivity index (χ0v) is 20.6. The monoisotopic (exact) mass is 454 g/mol. The fourth-order valence-corrected chi connectivity index (χ4v) is 4.48. The van der Waals surface area contributed by atoms with E-state index in [-0.39, 0.29) is 11.4 Å². The van der Waals surface area contributed by atoms with Crippen molar-refractivity contribution in [2.24, 2.45) is 0 Å². The fraction of sp³-hybridized carbons (Fsp3) is 0.519. The van der Waals surface area contributed by atoms with E-state index in [0.717, 1.165) is 43.2 Å². The van der Waals surface area contributed by atoms with Crippen molar-refractivity contribution in [2.75, 3.05) is 51.3 Å². The average Bonchev–Trinajstić information content (AvgIpc) is 2.79. The van der Waals surface area contributed by atoms with Crippen molar-refractivity contribution >= 4 is 11.7 Å². The topological polar surface area (TPSA) is 62.2 Å². The highest BCUT2D eigenvalue weighted by Gasteiger charge is 2.25. The zero-order chi connectivity index (χ0) is 24.0.